The number of rotatable bonds is 2. The van der Waals surface area contributed by atoms with Crippen LogP contribution in [0.5, 0.6) is 0 Å². The molecule has 0 amide bonds. The molecule has 1 atom stereocenters. The van der Waals surface area contributed by atoms with Crippen LogP contribution in [-0.2, 0) is 11.2 Å². The van der Waals surface area contributed by atoms with Crippen LogP contribution < -0.4 is 0 Å². The van der Waals surface area contributed by atoms with Gasteiger partial charge in [-0.1, -0.05) is 18.2 Å². The summed E-state index contributed by atoms with van der Waals surface area (Å²) in [6.45, 7) is 2.14. The van der Waals surface area contributed by atoms with Gasteiger partial charge in [0.1, 0.15) is 11.3 Å². The molecule has 1 unspecified atom stereocenters. The van der Waals surface area contributed by atoms with Crippen LogP contribution in [0.15, 0.2) is 34.7 Å². The lowest BCUT2D eigenvalue weighted by Crippen LogP contribution is -2.56. The highest BCUT2D eigenvalue weighted by Crippen LogP contribution is 2.31. The number of Topliss-reactive ketones (excluding diaryl/α,β-unsaturated/α-hetero) is 1. The Labute approximate surface area is 112 Å². The van der Waals surface area contributed by atoms with Crippen molar-refractivity contribution in [3.05, 3.63) is 36.1 Å². The Balaban J connectivity index is 1.62. The lowest BCUT2D eigenvalue weighted by molar-refractivity contribution is -0.136. The van der Waals surface area contributed by atoms with E-state index in [1.54, 1.807) is 0 Å². The summed E-state index contributed by atoms with van der Waals surface area (Å²) in [4.78, 5) is 14.7. The van der Waals surface area contributed by atoms with E-state index in [1.807, 2.05) is 18.2 Å². The molecule has 3 saturated heterocycles. The van der Waals surface area contributed by atoms with Crippen LogP contribution in [0.1, 0.15) is 18.6 Å². The van der Waals surface area contributed by atoms with E-state index in [2.05, 4.69) is 17.0 Å². The second kappa shape index (κ2) is 4.20. The minimum atomic E-state index is 0.0491. The summed E-state index contributed by atoms with van der Waals surface area (Å²) in [6.07, 6.45) is 2.83. The van der Waals surface area contributed by atoms with Gasteiger partial charge < -0.3 is 4.42 Å². The van der Waals surface area contributed by atoms with Gasteiger partial charge in [-0.25, -0.2) is 0 Å². The molecule has 0 spiro atoms. The van der Waals surface area contributed by atoms with E-state index in [0.29, 0.717) is 11.7 Å². The third-order valence-electron chi connectivity index (χ3n) is 4.57. The molecule has 19 heavy (non-hydrogen) atoms. The van der Waals surface area contributed by atoms with E-state index in [0.717, 1.165) is 49.1 Å². The van der Waals surface area contributed by atoms with Crippen molar-refractivity contribution in [2.75, 3.05) is 13.1 Å². The van der Waals surface area contributed by atoms with Crippen LogP contribution in [-0.4, -0.2) is 29.8 Å². The highest BCUT2D eigenvalue weighted by Gasteiger charge is 2.41. The standard InChI is InChI=1S/C16H17NO2/c18-16-11-5-7-17(8-6-11)14(16)10-13-9-12-3-1-2-4-15(12)19-13/h1-4,9,11,14H,5-8,10H2. The number of furan rings is 1. The molecule has 0 radical (unpaired) electrons. The summed E-state index contributed by atoms with van der Waals surface area (Å²) in [5, 5.41) is 1.13. The normalized spacial score (nSPS) is 30.1. The van der Waals surface area contributed by atoms with E-state index in [-0.39, 0.29) is 6.04 Å². The monoisotopic (exact) mass is 255 g/mol. The number of carbonyl (C=O) groups excluding carboxylic acids is 1. The van der Waals surface area contributed by atoms with E-state index in [4.69, 9.17) is 4.42 Å². The Bertz CT molecular complexity index is 589. The average molecular weight is 255 g/mol. The maximum absolute atomic E-state index is 12.3. The lowest BCUT2D eigenvalue weighted by atomic mass is 9.80. The quantitative estimate of drug-likeness (QED) is 0.827. The predicted octanol–water partition coefficient (Wildman–Crippen LogP) is 2.64. The highest BCUT2D eigenvalue weighted by atomic mass is 16.3. The molecule has 0 N–H and O–H groups in total. The van der Waals surface area contributed by atoms with Crippen LogP contribution in [0.4, 0.5) is 0 Å². The third kappa shape index (κ3) is 1.80. The van der Waals surface area contributed by atoms with Crippen molar-refractivity contribution in [2.45, 2.75) is 25.3 Å². The number of para-hydroxylation sites is 1. The fourth-order valence-electron chi connectivity index (χ4n) is 3.51. The Hall–Kier alpha value is -1.61. The number of carbonyl (C=O) groups is 1. The zero-order chi connectivity index (χ0) is 12.8. The number of fused-ring (bicyclic) bond motifs is 4. The summed E-state index contributed by atoms with van der Waals surface area (Å²) in [7, 11) is 0. The topological polar surface area (TPSA) is 33.5 Å². The van der Waals surface area contributed by atoms with Crippen molar-refractivity contribution in [1.82, 2.24) is 4.90 Å². The second-order valence-corrected chi connectivity index (χ2v) is 5.68. The molecule has 2 aromatic rings. The molecule has 3 aliphatic rings. The number of hydrogen-bond acceptors (Lipinski definition) is 3. The van der Waals surface area contributed by atoms with Gasteiger partial charge in [0.15, 0.2) is 5.78 Å². The van der Waals surface area contributed by atoms with Crippen LogP contribution in [0, 0.1) is 5.92 Å². The molecule has 3 aliphatic heterocycles. The third-order valence-corrected chi connectivity index (χ3v) is 4.57. The lowest BCUT2D eigenvalue weighted by Gasteiger charge is -2.43. The van der Waals surface area contributed by atoms with Crippen LogP contribution >= 0.6 is 0 Å². The molecule has 3 heteroatoms. The van der Waals surface area contributed by atoms with Gasteiger partial charge in [0, 0.05) is 17.7 Å². The van der Waals surface area contributed by atoms with Crippen molar-refractivity contribution in [3.8, 4) is 0 Å². The largest absolute Gasteiger partial charge is 0.461 e. The zero-order valence-corrected chi connectivity index (χ0v) is 10.8. The first-order chi connectivity index (χ1) is 9.31. The molecule has 0 saturated carbocycles. The summed E-state index contributed by atoms with van der Waals surface area (Å²) >= 11 is 0. The van der Waals surface area contributed by atoms with Gasteiger partial charge >= 0.3 is 0 Å². The molecule has 3 nitrogen and oxygen atoms in total. The Kier molecular flexibility index (Phi) is 2.49. The minimum absolute atomic E-state index is 0.0491. The number of ketones is 1. The molecule has 3 fully saturated rings. The van der Waals surface area contributed by atoms with E-state index < -0.39 is 0 Å². The smallest absolute Gasteiger partial charge is 0.153 e. The molecule has 4 heterocycles. The fraction of sp³-hybridized carbons (Fsp3) is 0.438. The number of nitrogens with zero attached hydrogens (tertiary/aromatic N) is 1. The van der Waals surface area contributed by atoms with E-state index in [9.17, 15) is 4.79 Å². The highest BCUT2D eigenvalue weighted by molar-refractivity contribution is 5.88. The summed E-state index contributed by atoms with van der Waals surface area (Å²) < 4.78 is 5.85. The Morgan fingerprint density at radius 2 is 2.00 bits per heavy atom. The maximum atomic E-state index is 12.3. The minimum Gasteiger partial charge on any atom is -0.461 e. The van der Waals surface area contributed by atoms with Gasteiger partial charge in [-0.05, 0) is 38.1 Å². The Morgan fingerprint density at radius 1 is 1.21 bits per heavy atom. The fourth-order valence-corrected chi connectivity index (χ4v) is 3.51. The maximum Gasteiger partial charge on any atom is 0.153 e. The molecule has 98 valence electrons. The second-order valence-electron chi connectivity index (χ2n) is 5.68. The van der Waals surface area contributed by atoms with Gasteiger partial charge in [-0.3, -0.25) is 9.69 Å². The van der Waals surface area contributed by atoms with Gasteiger partial charge in [0.25, 0.3) is 0 Å². The van der Waals surface area contributed by atoms with Crippen LogP contribution in [0.25, 0.3) is 11.0 Å². The van der Waals surface area contributed by atoms with Crippen molar-refractivity contribution in [3.63, 3.8) is 0 Å². The first-order valence-electron chi connectivity index (χ1n) is 7.06. The van der Waals surface area contributed by atoms with Gasteiger partial charge in [-0.2, -0.15) is 0 Å². The molecule has 1 aromatic carbocycles. The summed E-state index contributed by atoms with van der Waals surface area (Å²) in [6, 6.07) is 10.1. The predicted molar refractivity (Wildman–Crippen MR) is 73.0 cm³/mol. The van der Waals surface area contributed by atoms with Crippen molar-refractivity contribution >= 4 is 16.8 Å². The van der Waals surface area contributed by atoms with Crippen LogP contribution in [0.3, 0.4) is 0 Å². The van der Waals surface area contributed by atoms with Gasteiger partial charge in [0.2, 0.25) is 0 Å². The molecular formula is C16H17NO2. The van der Waals surface area contributed by atoms with Gasteiger partial charge in [0.05, 0.1) is 6.04 Å². The summed E-state index contributed by atoms with van der Waals surface area (Å²) in [5.41, 5.74) is 0.918. The van der Waals surface area contributed by atoms with Crippen molar-refractivity contribution < 1.29 is 9.21 Å². The van der Waals surface area contributed by atoms with Gasteiger partial charge in [-0.15, -0.1) is 0 Å². The first-order valence-corrected chi connectivity index (χ1v) is 7.06. The van der Waals surface area contributed by atoms with E-state index >= 15 is 0 Å². The molecule has 2 bridgehead atoms. The van der Waals surface area contributed by atoms with Crippen molar-refractivity contribution in [2.24, 2.45) is 5.92 Å². The molecular weight excluding hydrogens is 238 g/mol. The molecule has 1 aromatic heterocycles. The van der Waals surface area contributed by atoms with Crippen molar-refractivity contribution in [1.29, 1.82) is 0 Å². The first kappa shape index (κ1) is 11.2. The molecule has 0 aliphatic carbocycles. The molecule has 5 rings (SSSR count). The Morgan fingerprint density at radius 3 is 2.74 bits per heavy atom. The van der Waals surface area contributed by atoms with E-state index in [1.165, 1.54) is 0 Å². The number of piperidine rings is 3. The number of hydrogen-bond donors (Lipinski definition) is 0. The SMILES string of the molecule is O=C1C2CCN(CC2)C1Cc1cc2ccccc2o1. The summed E-state index contributed by atoms with van der Waals surface area (Å²) in [5.74, 6) is 1.67. The number of benzene rings is 1. The zero-order valence-electron chi connectivity index (χ0n) is 10.8. The average Bonchev–Trinajstić information content (AvgIpc) is 2.85. The van der Waals surface area contributed by atoms with Crippen LogP contribution in [0.2, 0.25) is 0 Å².